The molecule has 1 amide bonds. The number of aromatic hydroxyl groups is 1. The zero-order chi connectivity index (χ0) is 26.7. The maximum Gasteiger partial charge on any atom is 0.230 e. The Labute approximate surface area is 209 Å². The number of benzene rings is 1. The van der Waals surface area contributed by atoms with E-state index in [1.807, 2.05) is 6.92 Å². The number of likely N-dealkylation sites (N-methyl/N-ethyl adjacent to an activating group) is 1. The maximum atomic E-state index is 14.2. The topological polar surface area (TPSA) is 167 Å². The van der Waals surface area contributed by atoms with Gasteiger partial charge in [0.15, 0.2) is 23.0 Å². The molecule has 1 aromatic rings. The Bertz CT molecular complexity index is 1100. The number of phenolic OH excluding ortho intramolecular Hbond substituents is 1. The average Bonchev–Trinajstić information content (AvgIpc) is 2.80. The second-order valence-corrected chi connectivity index (χ2v) is 10.5. The molecule has 9 atom stereocenters. The lowest BCUT2D eigenvalue weighted by Crippen LogP contribution is -2.79. The van der Waals surface area contributed by atoms with Gasteiger partial charge < -0.3 is 25.8 Å². The number of Topliss-reactive ketones (excluding diaryl/α,β-unsaturated/α-hetero) is 3. The van der Waals surface area contributed by atoms with Crippen molar-refractivity contribution >= 4 is 23.3 Å². The molecule has 10 nitrogen and oxygen atoms in total. The molecule has 36 heavy (non-hydrogen) atoms. The lowest BCUT2D eigenvalue weighted by atomic mass is 9.49. The predicted molar refractivity (Wildman–Crippen MR) is 127 cm³/mol. The second-order valence-electron chi connectivity index (χ2n) is 10.5. The third kappa shape index (κ3) is 3.53. The number of fused-ring (bicyclic) bond motifs is 3. The van der Waals surface area contributed by atoms with E-state index in [1.165, 1.54) is 11.0 Å². The highest BCUT2D eigenvalue weighted by molar-refractivity contribution is 6.18. The van der Waals surface area contributed by atoms with Crippen LogP contribution in [0.5, 0.6) is 5.75 Å². The quantitative estimate of drug-likeness (QED) is 0.309. The number of phenols is 1. The summed E-state index contributed by atoms with van der Waals surface area (Å²) in [5, 5.41) is 34.4. The summed E-state index contributed by atoms with van der Waals surface area (Å²) in [6.45, 7) is 3.66. The van der Waals surface area contributed by atoms with E-state index in [9.17, 15) is 34.5 Å². The summed E-state index contributed by atoms with van der Waals surface area (Å²) in [7, 11) is 3.09. The van der Waals surface area contributed by atoms with Crippen molar-refractivity contribution in [1.82, 2.24) is 4.90 Å². The zero-order valence-electron chi connectivity index (χ0n) is 20.9. The first-order valence-electron chi connectivity index (χ1n) is 12.3. The predicted octanol–water partition coefficient (Wildman–Crippen LogP) is 0.0150. The molecule has 3 aliphatic rings. The third-order valence-electron chi connectivity index (χ3n) is 8.34. The number of amides is 1. The van der Waals surface area contributed by atoms with Crippen LogP contribution >= 0.6 is 0 Å². The van der Waals surface area contributed by atoms with E-state index in [1.54, 1.807) is 33.2 Å². The number of primary amides is 1. The van der Waals surface area contributed by atoms with Crippen LogP contribution in [0.1, 0.15) is 48.5 Å². The SMILES string of the molecule is CCCCOC1C(C(N)=O)C(=O)[C@@H](N(C)C)[C@@H]2[C@@H](O)[C@H]3C(C(=O)c4c(O)cccc4[C@@H]3C)C(=O)[C@]12O. The summed E-state index contributed by atoms with van der Waals surface area (Å²) in [4.78, 5) is 55.4. The molecule has 5 N–H and O–H groups in total. The van der Waals surface area contributed by atoms with E-state index < -0.39 is 76.7 Å². The molecule has 1 aromatic carbocycles. The molecule has 196 valence electrons. The third-order valence-corrected chi connectivity index (χ3v) is 8.34. The molecule has 3 unspecified atom stereocenters. The van der Waals surface area contributed by atoms with Gasteiger partial charge in [0.2, 0.25) is 5.91 Å². The Hall–Kier alpha value is -2.66. The number of rotatable bonds is 6. The fourth-order valence-corrected chi connectivity index (χ4v) is 6.70. The van der Waals surface area contributed by atoms with Crippen LogP contribution in [0.4, 0.5) is 0 Å². The van der Waals surface area contributed by atoms with E-state index in [-0.39, 0.29) is 17.9 Å². The summed E-state index contributed by atoms with van der Waals surface area (Å²) in [5.74, 6) is -9.69. The number of unbranched alkanes of at least 4 members (excludes halogenated alkanes) is 1. The summed E-state index contributed by atoms with van der Waals surface area (Å²) in [6.07, 6.45) is -1.91. The summed E-state index contributed by atoms with van der Waals surface area (Å²) in [5.41, 5.74) is 3.50. The maximum absolute atomic E-state index is 14.2. The molecular weight excluding hydrogens is 468 g/mol. The van der Waals surface area contributed by atoms with Crippen LogP contribution < -0.4 is 5.73 Å². The van der Waals surface area contributed by atoms with Crippen molar-refractivity contribution in [3.8, 4) is 5.75 Å². The monoisotopic (exact) mass is 502 g/mol. The number of hydrogen-bond donors (Lipinski definition) is 4. The van der Waals surface area contributed by atoms with Crippen molar-refractivity contribution in [2.75, 3.05) is 20.7 Å². The van der Waals surface area contributed by atoms with Crippen molar-refractivity contribution < 1.29 is 39.2 Å². The minimum absolute atomic E-state index is 0.0280. The number of carbonyl (C=O) groups excluding carboxylic acids is 4. The fraction of sp³-hybridized carbons (Fsp3) is 0.615. The molecule has 0 bridgehead atoms. The van der Waals surface area contributed by atoms with Crippen LogP contribution in [0, 0.1) is 23.7 Å². The molecule has 3 aliphatic carbocycles. The Morgan fingerprint density at radius 3 is 2.47 bits per heavy atom. The van der Waals surface area contributed by atoms with Gasteiger partial charge in [-0.1, -0.05) is 32.4 Å². The smallest absolute Gasteiger partial charge is 0.230 e. The number of nitrogens with zero attached hydrogens (tertiary/aromatic N) is 1. The van der Waals surface area contributed by atoms with Gasteiger partial charge in [-0.25, -0.2) is 0 Å². The molecule has 0 spiro atoms. The molecule has 10 heteroatoms. The number of ether oxygens (including phenoxy) is 1. The molecule has 2 saturated carbocycles. The first-order valence-corrected chi connectivity index (χ1v) is 12.3. The highest BCUT2D eigenvalue weighted by Crippen LogP contribution is 2.55. The Morgan fingerprint density at radius 2 is 1.89 bits per heavy atom. The van der Waals surface area contributed by atoms with E-state index in [0.29, 0.717) is 18.4 Å². The van der Waals surface area contributed by atoms with Gasteiger partial charge in [-0.2, -0.15) is 0 Å². The molecule has 0 aromatic heterocycles. The first-order chi connectivity index (χ1) is 16.9. The van der Waals surface area contributed by atoms with Crippen LogP contribution in [-0.4, -0.2) is 88.0 Å². The summed E-state index contributed by atoms with van der Waals surface area (Å²) < 4.78 is 5.84. The minimum Gasteiger partial charge on any atom is -0.507 e. The highest BCUT2D eigenvalue weighted by atomic mass is 16.5. The molecule has 0 aliphatic heterocycles. The first kappa shape index (κ1) is 26.4. The number of hydrogen-bond acceptors (Lipinski definition) is 9. The second kappa shape index (κ2) is 9.33. The lowest BCUT2D eigenvalue weighted by Gasteiger charge is -2.59. The van der Waals surface area contributed by atoms with Gasteiger partial charge in [0, 0.05) is 18.4 Å². The van der Waals surface area contributed by atoms with Crippen LogP contribution in [0.2, 0.25) is 0 Å². The van der Waals surface area contributed by atoms with Crippen molar-refractivity contribution in [2.24, 2.45) is 29.4 Å². The van der Waals surface area contributed by atoms with Gasteiger partial charge in [-0.15, -0.1) is 0 Å². The number of ketones is 3. The lowest BCUT2D eigenvalue weighted by molar-refractivity contribution is -0.232. The van der Waals surface area contributed by atoms with E-state index in [0.717, 1.165) is 0 Å². The van der Waals surface area contributed by atoms with Gasteiger partial charge in [-0.3, -0.25) is 24.1 Å². The number of carbonyl (C=O) groups is 4. The van der Waals surface area contributed by atoms with Crippen LogP contribution in [0.3, 0.4) is 0 Å². The Morgan fingerprint density at radius 1 is 1.22 bits per heavy atom. The normalized spacial score (nSPS) is 37.9. The van der Waals surface area contributed by atoms with Gasteiger partial charge in [0.25, 0.3) is 0 Å². The average molecular weight is 503 g/mol. The largest absolute Gasteiger partial charge is 0.507 e. The molecule has 0 radical (unpaired) electrons. The summed E-state index contributed by atoms with van der Waals surface area (Å²) in [6, 6.07) is 3.34. The standard InChI is InChI=1S/C26H34N2O8/c1-5-6-10-36-24-17(25(27)34)22(32)19(28(3)4)18-21(31)14-11(2)12-8-7-9-13(29)15(12)20(30)16(14)23(33)26(18,24)35/h7-9,11,14,16-19,21,24,29,31,35H,5-6,10H2,1-4H3,(H2,27,34)/t11-,14+,16?,17?,18+,19-,21-,24?,26-/m0/s1. The van der Waals surface area contributed by atoms with Gasteiger partial charge in [-0.05, 0) is 38.1 Å². The Kier molecular flexibility index (Phi) is 6.85. The highest BCUT2D eigenvalue weighted by Gasteiger charge is 2.73. The Balaban J connectivity index is 1.94. The van der Waals surface area contributed by atoms with E-state index in [4.69, 9.17) is 10.5 Å². The van der Waals surface area contributed by atoms with Crippen LogP contribution in [0.25, 0.3) is 0 Å². The van der Waals surface area contributed by atoms with Gasteiger partial charge in [0.05, 0.1) is 23.6 Å². The number of nitrogens with two attached hydrogens (primary N) is 1. The van der Waals surface area contributed by atoms with E-state index >= 15 is 0 Å². The van der Waals surface area contributed by atoms with Crippen molar-refractivity contribution in [1.29, 1.82) is 0 Å². The van der Waals surface area contributed by atoms with E-state index in [2.05, 4.69) is 0 Å². The zero-order valence-corrected chi connectivity index (χ0v) is 20.9. The molecule has 4 rings (SSSR count). The summed E-state index contributed by atoms with van der Waals surface area (Å²) >= 11 is 0. The van der Waals surface area contributed by atoms with Gasteiger partial charge >= 0.3 is 0 Å². The fourth-order valence-electron chi connectivity index (χ4n) is 6.70. The molecule has 2 fully saturated rings. The van der Waals surface area contributed by atoms with Crippen LogP contribution in [-0.2, 0) is 19.1 Å². The van der Waals surface area contributed by atoms with Crippen molar-refractivity contribution in [3.63, 3.8) is 0 Å². The molecular formula is C26H34N2O8. The molecule has 0 saturated heterocycles. The number of aliphatic hydroxyl groups excluding tert-OH is 1. The minimum atomic E-state index is -2.55. The van der Waals surface area contributed by atoms with Crippen molar-refractivity contribution in [2.45, 2.75) is 56.5 Å². The van der Waals surface area contributed by atoms with Gasteiger partial charge in [0.1, 0.15) is 17.8 Å². The number of aliphatic hydroxyl groups is 2. The van der Waals surface area contributed by atoms with Crippen molar-refractivity contribution in [3.05, 3.63) is 29.3 Å². The molecule has 0 heterocycles. The van der Waals surface area contributed by atoms with Crippen LogP contribution in [0.15, 0.2) is 18.2 Å².